The van der Waals surface area contributed by atoms with Gasteiger partial charge in [0.05, 0.1) is 0 Å². The van der Waals surface area contributed by atoms with Crippen molar-refractivity contribution >= 4 is 22.9 Å². The number of nitrogens with one attached hydrogen (secondary N) is 1. The van der Waals surface area contributed by atoms with E-state index < -0.39 is 0 Å². The largest absolute Gasteiger partial charge is 0.486 e. The topological polar surface area (TPSA) is 47.0 Å². The van der Waals surface area contributed by atoms with Gasteiger partial charge in [-0.3, -0.25) is 0 Å². The second kappa shape index (κ2) is 8.32. The molecule has 1 aromatic carbocycles. The summed E-state index contributed by atoms with van der Waals surface area (Å²) in [6, 6.07) is 7.31. The van der Waals surface area contributed by atoms with Crippen LogP contribution in [-0.2, 0) is 13.0 Å². The zero-order valence-electron chi connectivity index (χ0n) is 12.3. The maximum atomic E-state index is 5.83. The molecule has 0 radical (unpaired) electrons. The average molecular weight is 326 g/mol. The Balaban J connectivity index is 1.73. The Hall–Kier alpha value is -1.17. The summed E-state index contributed by atoms with van der Waals surface area (Å²) in [4.78, 5) is 0. The van der Waals surface area contributed by atoms with Gasteiger partial charge < -0.3 is 10.1 Å². The molecule has 0 aliphatic carbocycles. The fourth-order valence-electron chi connectivity index (χ4n) is 1.71. The molecular formula is C15H20ClN3OS. The van der Waals surface area contributed by atoms with E-state index in [1.807, 2.05) is 24.3 Å². The number of ether oxygens (including phenoxy) is 1. The molecule has 0 bridgehead atoms. The lowest BCUT2D eigenvalue weighted by Crippen LogP contribution is -2.22. The first-order chi connectivity index (χ1) is 10.1. The first kappa shape index (κ1) is 16.2. The van der Waals surface area contributed by atoms with Crippen molar-refractivity contribution in [2.45, 2.75) is 26.9 Å². The van der Waals surface area contributed by atoms with Crippen LogP contribution in [0.4, 0.5) is 0 Å². The summed E-state index contributed by atoms with van der Waals surface area (Å²) in [5.41, 5.74) is 0. The van der Waals surface area contributed by atoms with Gasteiger partial charge in [0, 0.05) is 18.0 Å². The molecule has 0 aliphatic heterocycles. The number of hydrogen-bond donors (Lipinski definition) is 1. The smallest absolute Gasteiger partial charge is 0.155 e. The van der Waals surface area contributed by atoms with Crippen LogP contribution < -0.4 is 10.1 Å². The van der Waals surface area contributed by atoms with Crippen LogP contribution in [0.15, 0.2) is 24.3 Å². The number of rotatable bonds is 8. The Bertz CT molecular complexity index is 542. The van der Waals surface area contributed by atoms with E-state index in [9.17, 15) is 0 Å². The molecule has 0 unspecified atom stereocenters. The van der Waals surface area contributed by atoms with Crippen LogP contribution in [0, 0.1) is 5.92 Å². The van der Waals surface area contributed by atoms with Gasteiger partial charge in [0.1, 0.15) is 17.4 Å². The quantitative estimate of drug-likeness (QED) is 0.754. The van der Waals surface area contributed by atoms with Crippen LogP contribution in [0.25, 0.3) is 0 Å². The first-order valence-corrected chi connectivity index (χ1v) is 8.23. The molecule has 1 N–H and O–H groups in total. The molecule has 1 aromatic heterocycles. The Labute approximate surface area is 134 Å². The van der Waals surface area contributed by atoms with Gasteiger partial charge in [0.2, 0.25) is 0 Å². The molecule has 2 rings (SSSR count). The zero-order valence-corrected chi connectivity index (χ0v) is 13.9. The van der Waals surface area contributed by atoms with Crippen LogP contribution in [0.1, 0.15) is 23.9 Å². The van der Waals surface area contributed by atoms with E-state index in [1.165, 1.54) is 0 Å². The lowest BCUT2D eigenvalue weighted by molar-refractivity contribution is 0.304. The summed E-state index contributed by atoms with van der Waals surface area (Å²) >= 11 is 7.43. The molecule has 0 saturated heterocycles. The minimum atomic E-state index is 0.443. The molecule has 6 heteroatoms. The summed E-state index contributed by atoms with van der Waals surface area (Å²) in [6.07, 6.45) is 0.908. The lowest BCUT2D eigenvalue weighted by atomic mass is 10.2. The van der Waals surface area contributed by atoms with E-state index in [0.717, 1.165) is 35.3 Å². The monoisotopic (exact) mass is 325 g/mol. The highest BCUT2D eigenvalue weighted by Gasteiger charge is 2.05. The predicted octanol–water partition coefficient (Wildman–Crippen LogP) is 3.56. The second-order valence-corrected chi connectivity index (χ2v) is 6.76. The van der Waals surface area contributed by atoms with Crippen molar-refractivity contribution in [3.8, 4) is 5.75 Å². The van der Waals surface area contributed by atoms with E-state index >= 15 is 0 Å². The van der Waals surface area contributed by atoms with Crippen LogP contribution in [-0.4, -0.2) is 23.3 Å². The highest BCUT2D eigenvalue weighted by atomic mass is 35.5. The molecule has 1 heterocycles. The lowest BCUT2D eigenvalue weighted by Gasteiger charge is -2.05. The SMILES string of the molecule is CC(C)CNCCc1nnc(COc2ccc(Cl)cc2)s1. The third kappa shape index (κ3) is 5.99. The second-order valence-electron chi connectivity index (χ2n) is 5.18. The molecule has 2 aromatic rings. The molecule has 4 nitrogen and oxygen atoms in total. The van der Waals surface area contributed by atoms with E-state index in [1.54, 1.807) is 11.3 Å². The first-order valence-electron chi connectivity index (χ1n) is 7.04. The fourth-order valence-corrected chi connectivity index (χ4v) is 2.59. The molecule has 0 atom stereocenters. The predicted molar refractivity (Wildman–Crippen MR) is 87.1 cm³/mol. The van der Waals surface area contributed by atoms with Crippen LogP contribution in [0.2, 0.25) is 5.02 Å². The molecule has 21 heavy (non-hydrogen) atoms. The Morgan fingerprint density at radius 3 is 2.62 bits per heavy atom. The van der Waals surface area contributed by atoms with Crippen molar-refractivity contribution in [2.75, 3.05) is 13.1 Å². The maximum Gasteiger partial charge on any atom is 0.155 e. The van der Waals surface area contributed by atoms with E-state index in [-0.39, 0.29) is 0 Å². The Kier molecular flexibility index (Phi) is 6.42. The maximum absolute atomic E-state index is 5.83. The van der Waals surface area contributed by atoms with Gasteiger partial charge in [-0.05, 0) is 36.7 Å². The molecule has 0 aliphatic rings. The summed E-state index contributed by atoms with van der Waals surface area (Å²) in [6.45, 7) is 6.81. The zero-order chi connectivity index (χ0) is 15.1. The van der Waals surface area contributed by atoms with Crippen molar-refractivity contribution in [2.24, 2.45) is 5.92 Å². The minimum absolute atomic E-state index is 0.443. The molecule has 0 amide bonds. The van der Waals surface area contributed by atoms with Gasteiger partial charge >= 0.3 is 0 Å². The number of hydrogen-bond acceptors (Lipinski definition) is 5. The average Bonchev–Trinajstić information content (AvgIpc) is 2.91. The van der Waals surface area contributed by atoms with Crippen molar-refractivity contribution in [1.29, 1.82) is 0 Å². The van der Waals surface area contributed by atoms with Crippen molar-refractivity contribution in [3.63, 3.8) is 0 Å². The van der Waals surface area contributed by atoms with Gasteiger partial charge in [-0.25, -0.2) is 0 Å². The van der Waals surface area contributed by atoms with Gasteiger partial charge in [-0.2, -0.15) is 0 Å². The van der Waals surface area contributed by atoms with Gasteiger partial charge in [0.15, 0.2) is 5.01 Å². The van der Waals surface area contributed by atoms with Gasteiger partial charge in [-0.1, -0.05) is 36.8 Å². The molecular weight excluding hydrogens is 306 g/mol. The Morgan fingerprint density at radius 2 is 1.90 bits per heavy atom. The van der Waals surface area contributed by atoms with Gasteiger partial charge in [0.25, 0.3) is 0 Å². The molecule has 0 saturated carbocycles. The standard InChI is InChI=1S/C15H20ClN3OS/c1-11(2)9-17-8-7-14-18-19-15(21-14)10-20-13-5-3-12(16)4-6-13/h3-6,11,17H,7-10H2,1-2H3. The molecule has 0 fully saturated rings. The highest BCUT2D eigenvalue weighted by molar-refractivity contribution is 7.11. The molecule has 114 valence electrons. The van der Waals surface area contributed by atoms with E-state index in [2.05, 4.69) is 29.4 Å². The third-order valence-electron chi connectivity index (χ3n) is 2.75. The summed E-state index contributed by atoms with van der Waals surface area (Å²) < 4.78 is 5.65. The van der Waals surface area contributed by atoms with Gasteiger partial charge in [-0.15, -0.1) is 10.2 Å². The van der Waals surface area contributed by atoms with E-state index in [0.29, 0.717) is 17.5 Å². The summed E-state index contributed by atoms with van der Waals surface area (Å²) in [5.74, 6) is 1.46. The number of benzene rings is 1. The van der Waals surface area contributed by atoms with Crippen molar-refractivity contribution in [3.05, 3.63) is 39.3 Å². The van der Waals surface area contributed by atoms with Crippen molar-refractivity contribution in [1.82, 2.24) is 15.5 Å². The summed E-state index contributed by atoms with van der Waals surface area (Å²) in [7, 11) is 0. The third-order valence-corrected chi connectivity index (χ3v) is 3.96. The Morgan fingerprint density at radius 1 is 1.19 bits per heavy atom. The normalized spacial score (nSPS) is 11.0. The van der Waals surface area contributed by atoms with Crippen molar-refractivity contribution < 1.29 is 4.74 Å². The minimum Gasteiger partial charge on any atom is -0.486 e. The number of nitrogens with zero attached hydrogens (tertiary/aromatic N) is 2. The van der Waals surface area contributed by atoms with Crippen LogP contribution in [0.5, 0.6) is 5.75 Å². The summed E-state index contributed by atoms with van der Waals surface area (Å²) in [5, 5.41) is 14.4. The number of halogens is 1. The highest BCUT2D eigenvalue weighted by Crippen LogP contribution is 2.18. The number of aromatic nitrogens is 2. The van der Waals surface area contributed by atoms with E-state index in [4.69, 9.17) is 16.3 Å². The molecule has 0 spiro atoms. The van der Waals surface area contributed by atoms with Crippen LogP contribution >= 0.6 is 22.9 Å². The van der Waals surface area contributed by atoms with Crippen LogP contribution in [0.3, 0.4) is 0 Å². The fraction of sp³-hybridized carbons (Fsp3) is 0.467.